The van der Waals surface area contributed by atoms with E-state index in [1.807, 2.05) is 23.6 Å². The Labute approximate surface area is 95.6 Å². The Hall–Kier alpha value is -2.01. The molecule has 0 aliphatic carbocycles. The number of nitrogens with zero attached hydrogens (tertiary/aromatic N) is 3. The summed E-state index contributed by atoms with van der Waals surface area (Å²) in [5, 5.41) is 10.1. The number of rotatable bonds is 2. The van der Waals surface area contributed by atoms with E-state index in [1.165, 1.54) is 0 Å². The Morgan fingerprint density at radius 2 is 2.12 bits per heavy atom. The highest BCUT2D eigenvalue weighted by Crippen LogP contribution is 2.22. The molecule has 0 bridgehead atoms. The predicted octanol–water partition coefficient (Wildman–Crippen LogP) is 2.86. The monoisotopic (exact) mass is 229 g/mol. The lowest BCUT2D eigenvalue weighted by molar-refractivity contribution is 0.575. The molecule has 0 atom stereocenters. The molecule has 0 radical (unpaired) electrons. The van der Waals surface area contributed by atoms with Crippen molar-refractivity contribution in [3.63, 3.8) is 0 Å². The van der Waals surface area contributed by atoms with E-state index >= 15 is 0 Å². The molecule has 0 fully saturated rings. The second-order valence-corrected chi connectivity index (χ2v) is 4.07. The molecule has 0 amide bonds. The van der Waals surface area contributed by atoms with Gasteiger partial charge in [0, 0.05) is 0 Å². The summed E-state index contributed by atoms with van der Waals surface area (Å²) in [6.45, 7) is 0. The third-order valence-electron chi connectivity index (χ3n) is 2.08. The number of furan rings is 1. The fourth-order valence-corrected chi connectivity index (χ4v) is 2.01. The lowest BCUT2D eigenvalue weighted by Gasteiger charge is -1.96. The summed E-state index contributed by atoms with van der Waals surface area (Å²) in [6, 6.07) is 7.57. The first kappa shape index (κ1) is 9.23. The van der Waals surface area contributed by atoms with Crippen LogP contribution >= 0.6 is 11.3 Å². The highest BCUT2D eigenvalue weighted by molar-refractivity contribution is 7.13. The molecule has 4 nitrogen and oxygen atoms in total. The smallest absolute Gasteiger partial charge is 0.217 e. The first-order valence-corrected chi connectivity index (χ1v) is 5.59. The van der Waals surface area contributed by atoms with Gasteiger partial charge in [-0.1, -0.05) is 6.07 Å². The molecule has 0 saturated carbocycles. The lowest BCUT2D eigenvalue weighted by atomic mass is 10.3. The van der Waals surface area contributed by atoms with E-state index in [0.29, 0.717) is 11.6 Å². The predicted molar refractivity (Wildman–Crippen MR) is 60.8 cm³/mol. The standard InChI is InChI=1S/C11H7N3OS/c1-3-9(15-5-1)11-12-7-8(13-14-11)10-4-2-6-16-10/h1-7H. The van der Waals surface area contributed by atoms with Crippen LogP contribution in [0.15, 0.2) is 46.5 Å². The number of hydrogen-bond donors (Lipinski definition) is 0. The van der Waals surface area contributed by atoms with Crippen LogP contribution in [-0.4, -0.2) is 15.2 Å². The third-order valence-corrected chi connectivity index (χ3v) is 2.97. The molecule has 0 aliphatic heterocycles. The minimum Gasteiger partial charge on any atom is -0.461 e. The molecule has 3 rings (SSSR count). The van der Waals surface area contributed by atoms with E-state index in [1.54, 1.807) is 29.9 Å². The molecule has 3 heterocycles. The summed E-state index contributed by atoms with van der Waals surface area (Å²) in [5.41, 5.74) is 0.783. The van der Waals surface area contributed by atoms with Gasteiger partial charge in [0.15, 0.2) is 5.76 Å². The van der Waals surface area contributed by atoms with E-state index in [-0.39, 0.29) is 0 Å². The highest BCUT2D eigenvalue weighted by atomic mass is 32.1. The Bertz CT molecular complexity index is 505. The van der Waals surface area contributed by atoms with Gasteiger partial charge in [0.1, 0.15) is 5.69 Å². The zero-order valence-corrected chi connectivity index (χ0v) is 9.02. The number of aromatic nitrogens is 3. The van der Waals surface area contributed by atoms with Crippen LogP contribution in [0.25, 0.3) is 22.2 Å². The molecule has 78 valence electrons. The van der Waals surface area contributed by atoms with Crippen molar-refractivity contribution in [1.29, 1.82) is 0 Å². The quantitative estimate of drug-likeness (QED) is 0.678. The molecule has 5 heteroatoms. The van der Waals surface area contributed by atoms with Crippen LogP contribution in [0.2, 0.25) is 0 Å². The Balaban J connectivity index is 1.97. The van der Waals surface area contributed by atoms with Gasteiger partial charge in [0.25, 0.3) is 0 Å². The van der Waals surface area contributed by atoms with E-state index in [0.717, 1.165) is 10.6 Å². The molecular weight excluding hydrogens is 222 g/mol. The first-order valence-electron chi connectivity index (χ1n) is 4.71. The van der Waals surface area contributed by atoms with Gasteiger partial charge in [0.05, 0.1) is 17.3 Å². The van der Waals surface area contributed by atoms with Gasteiger partial charge in [-0.2, -0.15) is 0 Å². The molecule has 0 N–H and O–H groups in total. The van der Waals surface area contributed by atoms with Gasteiger partial charge >= 0.3 is 0 Å². The van der Waals surface area contributed by atoms with Gasteiger partial charge in [-0.05, 0) is 23.6 Å². The second kappa shape index (κ2) is 3.86. The molecule has 16 heavy (non-hydrogen) atoms. The maximum absolute atomic E-state index is 5.19. The Kier molecular flexibility index (Phi) is 2.23. The molecular formula is C11H7N3OS. The fraction of sp³-hybridized carbons (Fsp3) is 0. The summed E-state index contributed by atoms with van der Waals surface area (Å²) in [6.07, 6.45) is 3.29. The summed E-state index contributed by atoms with van der Waals surface area (Å²) in [5.74, 6) is 1.13. The van der Waals surface area contributed by atoms with Gasteiger partial charge in [-0.25, -0.2) is 4.98 Å². The van der Waals surface area contributed by atoms with Crippen molar-refractivity contribution < 1.29 is 4.42 Å². The zero-order chi connectivity index (χ0) is 10.8. The molecule has 0 aliphatic rings. The Morgan fingerprint density at radius 3 is 2.75 bits per heavy atom. The highest BCUT2D eigenvalue weighted by Gasteiger charge is 2.06. The van der Waals surface area contributed by atoms with Crippen molar-refractivity contribution in [2.75, 3.05) is 0 Å². The Morgan fingerprint density at radius 1 is 1.12 bits per heavy atom. The molecule has 3 aromatic rings. The van der Waals surface area contributed by atoms with Crippen molar-refractivity contribution in [3.8, 4) is 22.2 Å². The van der Waals surface area contributed by atoms with Crippen molar-refractivity contribution in [1.82, 2.24) is 15.2 Å². The lowest BCUT2D eigenvalue weighted by Crippen LogP contribution is -1.92. The van der Waals surface area contributed by atoms with Crippen LogP contribution in [0.3, 0.4) is 0 Å². The van der Waals surface area contributed by atoms with Crippen LogP contribution in [0.1, 0.15) is 0 Å². The van der Waals surface area contributed by atoms with Gasteiger partial charge in [-0.3, -0.25) is 0 Å². The molecule has 0 spiro atoms. The van der Waals surface area contributed by atoms with E-state index in [2.05, 4.69) is 15.2 Å². The van der Waals surface area contributed by atoms with E-state index in [4.69, 9.17) is 4.42 Å². The molecule has 0 saturated heterocycles. The molecule has 0 unspecified atom stereocenters. The van der Waals surface area contributed by atoms with Gasteiger partial charge in [-0.15, -0.1) is 21.5 Å². The van der Waals surface area contributed by atoms with Crippen molar-refractivity contribution in [2.24, 2.45) is 0 Å². The average molecular weight is 229 g/mol. The fourth-order valence-electron chi connectivity index (χ4n) is 1.33. The largest absolute Gasteiger partial charge is 0.461 e. The van der Waals surface area contributed by atoms with Gasteiger partial charge in [0.2, 0.25) is 5.82 Å². The third kappa shape index (κ3) is 1.61. The molecule has 0 aromatic carbocycles. The van der Waals surface area contributed by atoms with Crippen LogP contribution in [0, 0.1) is 0 Å². The van der Waals surface area contributed by atoms with Crippen molar-refractivity contribution in [2.45, 2.75) is 0 Å². The topological polar surface area (TPSA) is 51.8 Å². The van der Waals surface area contributed by atoms with Crippen LogP contribution < -0.4 is 0 Å². The number of thiophene rings is 1. The first-order chi connectivity index (χ1) is 7.93. The minimum atomic E-state index is 0.505. The van der Waals surface area contributed by atoms with Crippen LogP contribution in [0.4, 0.5) is 0 Å². The van der Waals surface area contributed by atoms with Crippen molar-refractivity contribution in [3.05, 3.63) is 42.1 Å². The summed E-state index contributed by atoms with van der Waals surface area (Å²) < 4.78 is 5.19. The zero-order valence-electron chi connectivity index (χ0n) is 8.20. The van der Waals surface area contributed by atoms with Gasteiger partial charge < -0.3 is 4.42 Å². The number of hydrogen-bond acceptors (Lipinski definition) is 5. The summed E-state index contributed by atoms with van der Waals surface area (Å²) in [4.78, 5) is 5.28. The van der Waals surface area contributed by atoms with E-state index in [9.17, 15) is 0 Å². The van der Waals surface area contributed by atoms with Crippen molar-refractivity contribution >= 4 is 11.3 Å². The van der Waals surface area contributed by atoms with Crippen LogP contribution in [0.5, 0.6) is 0 Å². The summed E-state index contributed by atoms with van der Waals surface area (Å²) in [7, 11) is 0. The maximum atomic E-state index is 5.19. The maximum Gasteiger partial charge on any atom is 0.217 e. The van der Waals surface area contributed by atoms with Crippen LogP contribution in [-0.2, 0) is 0 Å². The van der Waals surface area contributed by atoms with E-state index < -0.39 is 0 Å². The molecule has 3 aromatic heterocycles. The minimum absolute atomic E-state index is 0.505. The average Bonchev–Trinajstić information content (AvgIpc) is 3.03. The normalized spacial score (nSPS) is 10.5. The summed E-state index contributed by atoms with van der Waals surface area (Å²) >= 11 is 1.61. The SMILES string of the molecule is c1coc(-c2ncc(-c3cccs3)nn2)c1. The second-order valence-electron chi connectivity index (χ2n) is 3.12.